The van der Waals surface area contributed by atoms with Crippen LogP contribution in [-0.4, -0.2) is 96.6 Å². The molecule has 26 heavy (non-hydrogen) atoms. The summed E-state index contributed by atoms with van der Waals surface area (Å²) in [5, 5.41) is 21.0. The lowest BCUT2D eigenvalue weighted by atomic mass is 9.78. The van der Waals surface area contributed by atoms with Crippen molar-refractivity contribution in [1.29, 1.82) is 0 Å². The zero-order chi connectivity index (χ0) is 18.1. The Kier molecular flexibility index (Phi) is 3.50. The first-order valence-corrected chi connectivity index (χ1v) is 8.87. The monoisotopic (exact) mass is 361 g/mol. The summed E-state index contributed by atoms with van der Waals surface area (Å²) in [4.78, 5) is 17.0. The number of hydrogen-bond acceptors (Lipinski definition) is 9. The molecule has 0 amide bonds. The van der Waals surface area contributed by atoms with Crippen LogP contribution in [0, 0.1) is 0 Å². The van der Waals surface area contributed by atoms with Gasteiger partial charge in [0.1, 0.15) is 30.2 Å². The summed E-state index contributed by atoms with van der Waals surface area (Å²) in [7, 11) is 2.15. The average Bonchev–Trinajstić information content (AvgIpc) is 3.13. The highest BCUT2D eigenvalue weighted by molar-refractivity contribution is 5.81. The Labute approximate surface area is 150 Å². The van der Waals surface area contributed by atoms with Crippen molar-refractivity contribution in [2.75, 3.05) is 39.0 Å². The van der Waals surface area contributed by atoms with Gasteiger partial charge in [-0.2, -0.15) is 0 Å². The van der Waals surface area contributed by atoms with Crippen LogP contribution in [0.15, 0.2) is 12.7 Å². The summed E-state index contributed by atoms with van der Waals surface area (Å²) < 4.78 is 7.61. The molecule has 10 nitrogen and oxygen atoms in total. The molecular weight excluding hydrogens is 338 g/mol. The van der Waals surface area contributed by atoms with E-state index in [0.717, 1.165) is 19.6 Å². The number of hydrogen-bond donors (Lipinski definition) is 3. The Morgan fingerprint density at radius 1 is 1.27 bits per heavy atom. The maximum absolute atomic E-state index is 10.5. The van der Waals surface area contributed by atoms with E-state index in [1.807, 2.05) is 0 Å². The predicted molar refractivity (Wildman–Crippen MR) is 92.1 cm³/mol. The standard InChI is InChI=1S/C16H23N7O3/c1-21-3-2-16(21)5-22(6-16)4-9-11(24)12(25)15(26-9)23-8-20-10-13(17)18-7-19-14(10)23/h7-9,11-12,15,24-25H,2-6H2,1H3,(H2,17,18,19)/t9-,11-,12-,15-/m1/s1. The minimum atomic E-state index is -1.06. The van der Waals surface area contributed by atoms with E-state index in [2.05, 4.69) is 31.8 Å². The van der Waals surface area contributed by atoms with Crippen LogP contribution in [0.2, 0.25) is 0 Å². The summed E-state index contributed by atoms with van der Waals surface area (Å²) in [6.45, 7) is 3.70. The second-order valence-corrected chi connectivity index (χ2v) is 7.69. The number of ether oxygens (including phenoxy) is 1. The van der Waals surface area contributed by atoms with E-state index in [1.54, 1.807) is 4.57 Å². The quantitative estimate of drug-likeness (QED) is 0.593. The number of nitrogens with zero attached hydrogens (tertiary/aromatic N) is 6. The second-order valence-electron chi connectivity index (χ2n) is 7.69. The maximum atomic E-state index is 10.5. The molecule has 4 atom stereocenters. The third-order valence-electron chi connectivity index (χ3n) is 6.19. The van der Waals surface area contributed by atoms with E-state index < -0.39 is 24.5 Å². The first-order valence-electron chi connectivity index (χ1n) is 8.87. The fourth-order valence-corrected chi connectivity index (χ4v) is 4.39. The molecule has 3 fully saturated rings. The Bertz CT molecular complexity index is 836. The molecule has 0 aliphatic carbocycles. The topological polar surface area (TPSA) is 126 Å². The number of imidazole rings is 1. The van der Waals surface area contributed by atoms with Crippen molar-refractivity contribution in [1.82, 2.24) is 29.3 Å². The van der Waals surface area contributed by atoms with Crippen molar-refractivity contribution in [3.8, 4) is 0 Å². The van der Waals surface area contributed by atoms with Gasteiger partial charge in [0.2, 0.25) is 0 Å². The number of likely N-dealkylation sites (N-methyl/N-ethyl adjacent to an activating group) is 1. The van der Waals surface area contributed by atoms with Gasteiger partial charge < -0.3 is 20.7 Å². The summed E-state index contributed by atoms with van der Waals surface area (Å²) in [5.41, 5.74) is 7.07. The van der Waals surface area contributed by atoms with E-state index >= 15 is 0 Å². The first-order chi connectivity index (χ1) is 12.5. The molecule has 140 valence electrons. The van der Waals surface area contributed by atoms with Gasteiger partial charge in [0, 0.05) is 31.7 Å². The van der Waals surface area contributed by atoms with Crippen molar-refractivity contribution in [2.24, 2.45) is 0 Å². The van der Waals surface area contributed by atoms with Gasteiger partial charge in [0.25, 0.3) is 0 Å². The fraction of sp³-hybridized carbons (Fsp3) is 0.688. The summed E-state index contributed by atoms with van der Waals surface area (Å²) in [6.07, 6.45) is 0.842. The van der Waals surface area contributed by atoms with E-state index in [9.17, 15) is 10.2 Å². The molecule has 3 saturated heterocycles. The van der Waals surface area contributed by atoms with Crippen LogP contribution in [0.5, 0.6) is 0 Å². The summed E-state index contributed by atoms with van der Waals surface area (Å²) in [5.74, 6) is 0.272. The Morgan fingerprint density at radius 3 is 2.77 bits per heavy atom. The van der Waals surface area contributed by atoms with Crippen LogP contribution >= 0.6 is 0 Å². The van der Waals surface area contributed by atoms with Crippen molar-refractivity contribution < 1.29 is 14.9 Å². The van der Waals surface area contributed by atoms with E-state index in [0.29, 0.717) is 23.2 Å². The van der Waals surface area contributed by atoms with Gasteiger partial charge in [0.15, 0.2) is 17.7 Å². The molecule has 0 bridgehead atoms. The number of nitrogen functional groups attached to an aromatic ring is 1. The van der Waals surface area contributed by atoms with Gasteiger partial charge in [-0.1, -0.05) is 0 Å². The van der Waals surface area contributed by atoms with Crippen molar-refractivity contribution >= 4 is 17.0 Å². The number of fused-ring (bicyclic) bond motifs is 1. The van der Waals surface area contributed by atoms with E-state index in [4.69, 9.17) is 10.5 Å². The third kappa shape index (κ3) is 2.20. The lowest BCUT2D eigenvalue weighted by Crippen LogP contribution is -2.76. The highest BCUT2D eigenvalue weighted by Crippen LogP contribution is 2.39. The normalized spacial score (nSPS) is 34.3. The number of rotatable bonds is 3. The van der Waals surface area contributed by atoms with Crippen molar-refractivity contribution in [3.63, 3.8) is 0 Å². The zero-order valence-corrected chi connectivity index (χ0v) is 14.6. The maximum Gasteiger partial charge on any atom is 0.167 e. The van der Waals surface area contributed by atoms with Gasteiger partial charge in [-0.15, -0.1) is 0 Å². The molecule has 4 N–H and O–H groups in total. The van der Waals surface area contributed by atoms with E-state index in [-0.39, 0.29) is 5.82 Å². The summed E-state index contributed by atoms with van der Waals surface area (Å²) in [6, 6.07) is 0. The first kappa shape index (κ1) is 16.3. The van der Waals surface area contributed by atoms with Crippen LogP contribution in [0.1, 0.15) is 12.6 Å². The lowest BCUT2D eigenvalue weighted by Gasteiger charge is -2.62. The van der Waals surface area contributed by atoms with Crippen molar-refractivity contribution in [2.45, 2.75) is 36.5 Å². The molecule has 3 aliphatic heterocycles. The second kappa shape index (κ2) is 5.57. The number of anilines is 1. The molecule has 0 unspecified atom stereocenters. The van der Waals surface area contributed by atoms with Gasteiger partial charge >= 0.3 is 0 Å². The fourth-order valence-electron chi connectivity index (χ4n) is 4.39. The smallest absolute Gasteiger partial charge is 0.167 e. The minimum absolute atomic E-state index is 0.272. The Balaban J connectivity index is 1.31. The zero-order valence-electron chi connectivity index (χ0n) is 14.6. The van der Waals surface area contributed by atoms with Crippen LogP contribution in [0.25, 0.3) is 11.2 Å². The molecule has 3 aliphatic rings. The van der Waals surface area contributed by atoms with Gasteiger partial charge in [-0.05, 0) is 13.5 Å². The number of aromatic nitrogens is 4. The van der Waals surface area contributed by atoms with Crippen LogP contribution in [0.3, 0.4) is 0 Å². The lowest BCUT2D eigenvalue weighted by molar-refractivity contribution is -0.129. The van der Waals surface area contributed by atoms with Gasteiger partial charge in [-0.25, -0.2) is 15.0 Å². The molecule has 0 aromatic carbocycles. The molecule has 1 spiro atoms. The molecule has 5 rings (SSSR count). The molecular formula is C16H23N7O3. The van der Waals surface area contributed by atoms with E-state index in [1.165, 1.54) is 19.1 Å². The van der Waals surface area contributed by atoms with Gasteiger partial charge in [-0.3, -0.25) is 14.4 Å². The van der Waals surface area contributed by atoms with Crippen LogP contribution < -0.4 is 5.73 Å². The predicted octanol–water partition coefficient (Wildman–Crippen LogP) is -1.58. The number of aliphatic hydroxyl groups is 2. The van der Waals surface area contributed by atoms with Crippen LogP contribution in [-0.2, 0) is 4.74 Å². The SMILES string of the molecule is CN1CCC12CN(C[C@H]1O[C@@H](n3cnc4c(N)ncnc43)[C@H](O)[C@@H]1O)C2. The molecule has 5 heterocycles. The number of nitrogens with two attached hydrogens (primary N) is 1. The van der Waals surface area contributed by atoms with Crippen LogP contribution in [0.4, 0.5) is 5.82 Å². The van der Waals surface area contributed by atoms with Gasteiger partial charge in [0.05, 0.1) is 6.33 Å². The minimum Gasteiger partial charge on any atom is -0.387 e. The molecule has 10 heteroatoms. The molecule has 2 aromatic heterocycles. The highest BCUT2D eigenvalue weighted by atomic mass is 16.6. The van der Waals surface area contributed by atoms with Crippen molar-refractivity contribution in [3.05, 3.63) is 12.7 Å². The number of aliphatic hydroxyl groups excluding tert-OH is 2. The molecule has 2 aromatic rings. The number of likely N-dealkylation sites (tertiary alicyclic amines) is 2. The molecule has 0 radical (unpaired) electrons. The molecule has 0 saturated carbocycles. The largest absolute Gasteiger partial charge is 0.387 e. The third-order valence-corrected chi connectivity index (χ3v) is 6.19. The Hall–Kier alpha value is -1.85. The Morgan fingerprint density at radius 2 is 2.08 bits per heavy atom. The highest BCUT2D eigenvalue weighted by Gasteiger charge is 2.53. The average molecular weight is 361 g/mol. The summed E-state index contributed by atoms with van der Waals surface area (Å²) >= 11 is 0.